The molecule has 0 bridgehead atoms. The van der Waals surface area contributed by atoms with Crippen molar-refractivity contribution in [3.8, 4) is 0 Å². The number of aliphatic imine (C=N–C) groups is 1. The number of Topliss-reactive ketones (excluding diaryl/α,β-unsaturated/α-hetero) is 1. The van der Waals surface area contributed by atoms with Crippen LogP contribution in [0.5, 0.6) is 0 Å². The minimum atomic E-state index is -5.02. The van der Waals surface area contributed by atoms with Gasteiger partial charge in [-0.3, -0.25) is 9.79 Å². The third kappa shape index (κ3) is 3.23. The summed E-state index contributed by atoms with van der Waals surface area (Å²) in [6.45, 7) is 0.122. The van der Waals surface area contributed by atoms with E-state index in [1.807, 2.05) is 0 Å². The molecule has 21 heavy (non-hydrogen) atoms. The Kier molecular flexibility index (Phi) is 4.04. The van der Waals surface area contributed by atoms with E-state index in [-0.39, 0.29) is 26.1 Å². The van der Waals surface area contributed by atoms with E-state index in [9.17, 15) is 22.8 Å². The van der Waals surface area contributed by atoms with Crippen LogP contribution in [0.4, 0.5) is 18.0 Å². The van der Waals surface area contributed by atoms with E-state index in [0.717, 1.165) is 17.2 Å². The fourth-order valence-corrected chi connectivity index (χ4v) is 2.38. The van der Waals surface area contributed by atoms with Crippen molar-refractivity contribution in [3.63, 3.8) is 0 Å². The first-order valence-corrected chi connectivity index (χ1v) is 6.19. The Labute approximate surface area is 117 Å². The Morgan fingerprint density at radius 1 is 1.48 bits per heavy atom. The number of ether oxygens (including phenoxy) is 1. The molecule has 2 heterocycles. The van der Waals surface area contributed by atoms with Crippen LogP contribution in [0.25, 0.3) is 0 Å². The van der Waals surface area contributed by atoms with Gasteiger partial charge in [0, 0.05) is 19.2 Å². The first-order valence-electron chi connectivity index (χ1n) is 6.19. The zero-order valence-corrected chi connectivity index (χ0v) is 10.8. The zero-order valence-electron chi connectivity index (χ0n) is 10.8. The van der Waals surface area contributed by atoms with Crippen molar-refractivity contribution in [2.45, 2.75) is 24.2 Å². The van der Waals surface area contributed by atoms with Gasteiger partial charge in [-0.2, -0.15) is 13.2 Å². The summed E-state index contributed by atoms with van der Waals surface area (Å²) in [4.78, 5) is 27.2. The number of alkyl halides is 3. The molecule has 0 radical (unpaired) electrons. The second-order valence-electron chi connectivity index (χ2n) is 4.81. The summed E-state index contributed by atoms with van der Waals surface area (Å²) in [6, 6.07) is 0. The number of allylic oxidation sites excluding steroid dienone is 1. The van der Waals surface area contributed by atoms with Crippen LogP contribution in [0.1, 0.15) is 6.42 Å². The molecule has 0 aromatic carbocycles. The van der Waals surface area contributed by atoms with E-state index < -0.39 is 29.7 Å². The normalized spacial score (nSPS) is 28.9. The molecular weight excluding hydrogens is 293 g/mol. The zero-order chi connectivity index (χ0) is 15.7. The van der Waals surface area contributed by atoms with Gasteiger partial charge in [-0.15, -0.1) is 0 Å². The van der Waals surface area contributed by atoms with Crippen molar-refractivity contribution in [2.75, 3.05) is 19.7 Å². The number of carbonyl (C=O) groups is 2. The predicted octanol–water partition coefficient (Wildman–Crippen LogP) is 1.27. The van der Waals surface area contributed by atoms with E-state index in [4.69, 9.17) is 9.84 Å². The Morgan fingerprint density at radius 3 is 2.71 bits per heavy atom. The van der Waals surface area contributed by atoms with E-state index >= 15 is 0 Å². The average Bonchev–Trinajstić information content (AvgIpc) is 2.86. The second-order valence-corrected chi connectivity index (χ2v) is 4.81. The Morgan fingerprint density at radius 2 is 2.19 bits per heavy atom. The maximum atomic E-state index is 12.7. The van der Waals surface area contributed by atoms with Gasteiger partial charge in [0.2, 0.25) is 0 Å². The van der Waals surface area contributed by atoms with Gasteiger partial charge < -0.3 is 14.7 Å². The summed E-state index contributed by atoms with van der Waals surface area (Å²) in [5, 5.41) is 8.90. The van der Waals surface area contributed by atoms with Gasteiger partial charge in [0.25, 0.3) is 5.78 Å². The lowest BCUT2D eigenvalue weighted by Gasteiger charge is -2.34. The van der Waals surface area contributed by atoms with Crippen LogP contribution in [0, 0.1) is 0 Å². The summed E-state index contributed by atoms with van der Waals surface area (Å²) in [6.07, 6.45) is -3.89. The molecule has 2 unspecified atom stereocenters. The largest absolute Gasteiger partial charge is 0.465 e. The Bertz CT molecular complexity index is 489. The Balaban J connectivity index is 2.14. The summed E-state index contributed by atoms with van der Waals surface area (Å²) >= 11 is 0. The third-order valence-electron chi connectivity index (χ3n) is 3.36. The minimum Gasteiger partial charge on any atom is -0.465 e. The van der Waals surface area contributed by atoms with Gasteiger partial charge in [-0.05, 0) is 12.2 Å². The smallest absolute Gasteiger partial charge is 0.452 e. The molecule has 1 amide bonds. The molecule has 2 rings (SSSR count). The molecule has 2 aliphatic heterocycles. The predicted molar refractivity (Wildman–Crippen MR) is 65.4 cm³/mol. The maximum absolute atomic E-state index is 12.7. The fourth-order valence-electron chi connectivity index (χ4n) is 2.38. The lowest BCUT2D eigenvalue weighted by Crippen LogP contribution is -2.51. The molecule has 0 aliphatic carbocycles. The number of carboxylic acid groups (broad SMARTS) is 1. The molecule has 2 aliphatic rings. The molecule has 1 N–H and O–H groups in total. The highest BCUT2D eigenvalue weighted by Crippen LogP contribution is 2.34. The van der Waals surface area contributed by atoms with Crippen molar-refractivity contribution >= 4 is 18.1 Å². The molecule has 116 valence electrons. The van der Waals surface area contributed by atoms with E-state index in [1.54, 1.807) is 0 Å². The van der Waals surface area contributed by atoms with Gasteiger partial charge >= 0.3 is 12.3 Å². The van der Waals surface area contributed by atoms with Crippen molar-refractivity contribution in [2.24, 2.45) is 4.99 Å². The van der Waals surface area contributed by atoms with Crippen LogP contribution in [0.15, 0.2) is 17.1 Å². The van der Waals surface area contributed by atoms with Crippen molar-refractivity contribution in [1.29, 1.82) is 0 Å². The van der Waals surface area contributed by atoms with Gasteiger partial charge in [0.1, 0.15) is 5.54 Å². The molecule has 1 fully saturated rings. The molecule has 6 nitrogen and oxygen atoms in total. The average molecular weight is 306 g/mol. The summed E-state index contributed by atoms with van der Waals surface area (Å²) in [5.41, 5.74) is -2.05. The number of hydrogen-bond acceptors (Lipinski definition) is 4. The van der Waals surface area contributed by atoms with Crippen LogP contribution in [0.3, 0.4) is 0 Å². The number of hydrogen-bond donors (Lipinski definition) is 1. The third-order valence-corrected chi connectivity index (χ3v) is 3.36. The minimum absolute atomic E-state index is 0.0701. The topological polar surface area (TPSA) is 79.2 Å². The molecule has 0 aromatic rings. The van der Waals surface area contributed by atoms with Crippen molar-refractivity contribution in [1.82, 2.24) is 4.90 Å². The highest BCUT2D eigenvalue weighted by atomic mass is 19.4. The number of halogens is 3. The van der Waals surface area contributed by atoms with Gasteiger partial charge in [0.05, 0.1) is 19.3 Å². The lowest BCUT2D eigenvalue weighted by atomic mass is 9.87. The van der Waals surface area contributed by atoms with Gasteiger partial charge in [0.15, 0.2) is 0 Å². The monoisotopic (exact) mass is 306 g/mol. The van der Waals surface area contributed by atoms with Crippen molar-refractivity contribution in [3.05, 3.63) is 12.2 Å². The number of rotatable bonds is 3. The standard InChI is InChI=1S/C12H13F3N2O4/c13-12(14,15)9(18)11(2-1-3-16-11)6-8-7-17(10(19)20)4-5-21-8/h1-3,8H,4-7H2,(H,19,20). The molecule has 1 saturated heterocycles. The summed E-state index contributed by atoms with van der Waals surface area (Å²) in [5.74, 6) is -1.98. The van der Waals surface area contributed by atoms with Crippen LogP contribution in [-0.4, -0.2) is 65.6 Å². The number of ketones is 1. The highest BCUT2D eigenvalue weighted by Gasteiger charge is 2.53. The van der Waals surface area contributed by atoms with Gasteiger partial charge in [-0.25, -0.2) is 4.79 Å². The van der Waals surface area contributed by atoms with Crippen LogP contribution >= 0.6 is 0 Å². The van der Waals surface area contributed by atoms with E-state index in [0.29, 0.717) is 0 Å². The summed E-state index contributed by atoms with van der Waals surface area (Å²) < 4.78 is 43.4. The first-order chi connectivity index (χ1) is 9.74. The van der Waals surface area contributed by atoms with E-state index in [1.165, 1.54) is 6.08 Å². The SMILES string of the molecule is O=C(O)N1CCOC(CC2(C(=O)C(F)(F)F)C=CC=N2)C1. The lowest BCUT2D eigenvalue weighted by molar-refractivity contribution is -0.176. The van der Waals surface area contributed by atoms with Crippen molar-refractivity contribution < 1.29 is 32.6 Å². The number of morpholine rings is 1. The Hall–Kier alpha value is -1.90. The number of amides is 1. The molecule has 9 heteroatoms. The van der Waals surface area contributed by atoms with Crippen LogP contribution in [-0.2, 0) is 9.53 Å². The van der Waals surface area contributed by atoms with Crippen LogP contribution in [0.2, 0.25) is 0 Å². The van der Waals surface area contributed by atoms with Gasteiger partial charge in [-0.1, -0.05) is 0 Å². The molecule has 0 aromatic heterocycles. The second kappa shape index (κ2) is 5.47. The molecule has 2 atom stereocenters. The highest BCUT2D eigenvalue weighted by molar-refractivity contribution is 5.99. The summed E-state index contributed by atoms with van der Waals surface area (Å²) in [7, 11) is 0. The molecular formula is C12H13F3N2O4. The maximum Gasteiger partial charge on any atom is 0.452 e. The number of carbonyl (C=O) groups excluding carboxylic acids is 1. The number of nitrogens with zero attached hydrogens (tertiary/aromatic N) is 2. The molecule has 0 spiro atoms. The molecule has 0 saturated carbocycles. The van der Waals surface area contributed by atoms with Crippen LogP contribution < -0.4 is 0 Å². The van der Waals surface area contributed by atoms with E-state index in [2.05, 4.69) is 4.99 Å². The fraction of sp³-hybridized carbons (Fsp3) is 0.583. The first kappa shape index (κ1) is 15.5. The quantitative estimate of drug-likeness (QED) is 0.851.